The van der Waals surface area contributed by atoms with E-state index in [1.807, 2.05) is 65.8 Å². The predicted octanol–water partition coefficient (Wildman–Crippen LogP) is 6.97. The highest BCUT2D eigenvalue weighted by Gasteiger charge is 1.88. The molecule has 0 aromatic heterocycles. The molecule has 1 aromatic carbocycles. The van der Waals surface area contributed by atoms with Crippen LogP contribution in [-0.2, 0) is 11.4 Å². The molecule has 1 rings (SSSR count). The van der Waals surface area contributed by atoms with Crippen molar-refractivity contribution in [1.29, 1.82) is 0 Å². The summed E-state index contributed by atoms with van der Waals surface area (Å²) in [5, 5.41) is 8.66. The number of hydrogen-bond acceptors (Lipinski definition) is 2. The third kappa shape index (κ3) is 28.9. The molecule has 0 aliphatic carbocycles. The molecule has 24 heavy (non-hydrogen) atoms. The summed E-state index contributed by atoms with van der Waals surface area (Å²) in [5.41, 5.74) is 2.18. The number of aliphatic hydroxyl groups is 1. The van der Waals surface area contributed by atoms with Gasteiger partial charge in [0.25, 0.3) is 0 Å². The minimum absolute atomic E-state index is 0.141. The molecule has 144 valence electrons. The Morgan fingerprint density at radius 3 is 1.62 bits per heavy atom. The number of carbonyl (C=O) groups excluding carboxylic acids is 1. The van der Waals surface area contributed by atoms with E-state index in [0.29, 0.717) is 6.42 Å². The van der Waals surface area contributed by atoms with Crippen molar-refractivity contribution in [3.63, 3.8) is 0 Å². The highest BCUT2D eigenvalue weighted by Crippen LogP contribution is 2.03. The van der Waals surface area contributed by atoms with Crippen molar-refractivity contribution in [2.75, 3.05) is 0 Å². The fourth-order valence-corrected chi connectivity index (χ4v) is 1.10. The van der Waals surface area contributed by atoms with Gasteiger partial charge in [0.15, 0.2) is 0 Å². The number of ketones is 1. The molecular weight excluding hydrogens is 296 g/mol. The Labute approximate surface area is 152 Å². The Balaban J connectivity index is -0.000000118. The summed E-state index contributed by atoms with van der Waals surface area (Å²) >= 11 is 0. The van der Waals surface area contributed by atoms with Gasteiger partial charge in [-0.25, -0.2) is 0 Å². The van der Waals surface area contributed by atoms with Crippen molar-refractivity contribution in [3.8, 4) is 0 Å². The summed E-state index contributed by atoms with van der Waals surface area (Å²) in [6.45, 7) is 20.3. The lowest BCUT2D eigenvalue weighted by Crippen LogP contribution is -1.85. The molecule has 0 fully saturated rings. The normalized spacial score (nSPS) is 8.17. The van der Waals surface area contributed by atoms with E-state index < -0.39 is 0 Å². The molecule has 0 atom stereocenters. The summed E-state index contributed by atoms with van der Waals surface area (Å²) in [6, 6.07) is 7.84. The number of aliphatic hydroxyl groups excluding tert-OH is 1. The van der Waals surface area contributed by atoms with Crippen molar-refractivity contribution in [3.05, 3.63) is 35.4 Å². The first-order chi connectivity index (χ1) is 11.4. The second-order valence-electron chi connectivity index (χ2n) is 5.12. The van der Waals surface area contributed by atoms with Crippen LogP contribution in [0.25, 0.3) is 0 Å². The van der Waals surface area contributed by atoms with Crippen LogP contribution in [0, 0.1) is 12.8 Å². The van der Waals surface area contributed by atoms with E-state index in [9.17, 15) is 4.79 Å². The monoisotopic (exact) mass is 340 g/mol. The molecule has 0 aliphatic heterocycles. The van der Waals surface area contributed by atoms with Crippen LogP contribution in [0.5, 0.6) is 0 Å². The van der Waals surface area contributed by atoms with Gasteiger partial charge in [-0.1, -0.05) is 98.1 Å². The van der Waals surface area contributed by atoms with Crippen LogP contribution in [0.4, 0.5) is 0 Å². The Bertz CT molecular complexity index is 342. The Kier molecular flexibility index (Phi) is 34.2. The highest BCUT2D eigenvalue weighted by atomic mass is 16.3. The first-order valence-corrected chi connectivity index (χ1v) is 9.56. The maximum atomic E-state index is 9.81. The van der Waals surface area contributed by atoms with Crippen molar-refractivity contribution in [2.45, 2.75) is 95.1 Å². The third-order valence-electron chi connectivity index (χ3n) is 3.16. The lowest BCUT2D eigenvalue weighted by Gasteiger charge is -1.98. The zero-order chi connectivity index (χ0) is 20.0. The van der Waals surface area contributed by atoms with E-state index in [0.717, 1.165) is 11.5 Å². The molecule has 0 aliphatic rings. The van der Waals surface area contributed by atoms with Gasteiger partial charge in [-0.05, 0) is 25.3 Å². The van der Waals surface area contributed by atoms with Crippen molar-refractivity contribution in [2.24, 2.45) is 5.92 Å². The third-order valence-corrected chi connectivity index (χ3v) is 3.16. The van der Waals surface area contributed by atoms with Crippen LogP contribution < -0.4 is 0 Å². The molecule has 2 heteroatoms. The van der Waals surface area contributed by atoms with Crippen LogP contribution in [0.1, 0.15) is 92.7 Å². The fraction of sp³-hybridized carbons (Fsp3) is 0.682. The van der Waals surface area contributed by atoms with Crippen molar-refractivity contribution >= 4 is 5.78 Å². The number of Topliss-reactive ketones (excluding diaryl/α,β-unsaturated/α-hetero) is 1. The highest BCUT2D eigenvalue weighted by molar-refractivity contribution is 5.74. The Morgan fingerprint density at radius 1 is 1.04 bits per heavy atom. The van der Waals surface area contributed by atoms with Crippen LogP contribution in [-0.4, -0.2) is 10.9 Å². The summed E-state index contributed by atoms with van der Waals surface area (Å²) in [4.78, 5) is 9.81. The molecule has 1 N–H and O–H groups in total. The largest absolute Gasteiger partial charge is 0.392 e. The predicted molar refractivity (Wildman–Crippen MR) is 111 cm³/mol. The van der Waals surface area contributed by atoms with Gasteiger partial charge in [0.1, 0.15) is 5.78 Å². The molecule has 0 unspecified atom stereocenters. The molecule has 0 radical (unpaired) electrons. The first kappa shape index (κ1) is 30.7. The maximum Gasteiger partial charge on any atom is 0.129 e. The van der Waals surface area contributed by atoms with Crippen LogP contribution >= 0.6 is 0 Å². The quantitative estimate of drug-likeness (QED) is 0.642. The van der Waals surface area contributed by atoms with Crippen LogP contribution in [0.3, 0.4) is 0 Å². The van der Waals surface area contributed by atoms with E-state index in [-0.39, 0.29) is 12.4 Å². The SMILES string of the molecule is CC.CC.CCC(C)=O.CCC(C)CC.Cc1cccc(CO)c1. The average molecular weight is 341 g/mol. The molecule has 2 nitrogen and oxygen atoms in total. The van der Waals surface area contributed by atoms with Gasteiger partial charge in [-0.3, -0.25) is 0 Å². The van der Waals surface area contributed by atoms with Gasteiger partial charge in [-0.2, -0.15) is 0 Å². The van der Waals surface area contributed by atoms with E-state index >= 15 is 0 Å². The minimum Gasteiger partial charge on any atom is -0.392 e. The molecule has 0 amide bonds. The summed E-state index contributed by atoms with van der Waals surface area (Å²) < 4.78 is 0. The average Bonchev–Trinajstić information content (AvgIpc) is 2.65. The number of aryl methyl sites for hydroxylation is 1. The zero-order valence-electron chi connectivity index (χ0n) is 18.1. The van der Waals surface area contributed by atoms with E-state index in [1.165, 1.54) is 18.4 Å². The molecule has 0 saturated heterocycles. The number of rotatable bonds is 4. The van der Waals surface area contributed by atoms with Gasteiger partial charge >= 0.3 is 0 Å². The summed E-state index contributed by atoms with van der Waals surface area (Å²) in [7, 11) is 0. The standard InChI is InChI=1S/C8H10O.C6H14.C4H8O.2C2H6/c1-7-3-2-4-8(5-7)6-9;1-4-6(3)5-2;1-3-4(2)5;2*1-2/h2-5,9H,6H2,1H3;6H,4-5H2,1-3H3;3H2,1-2H3;2*1-2H3. The van der Waals surface area contributed by atoms with E-state index in [2.05, 4.69) is 20.8 Å². The van der Waals surface area contributed by atoms with Gasteiger partial charge in [-0.15, -0.1) is 0 Å². The van der Waals surface area contributed by atoms with E-state index in [1.54, 1.807) is 6.92 Å². The van der Waals surface area contributed by atoms with Crippen LogP contribution in [0.15, 0.2) is 24.3 Å². The van der Waals surface area contributed by atoms with Crippen molar-refractivity contribution < 1.29 is 9.90 Å². The van der Waals surface area contributed by atoms with Crippen LogP contribution in [0.2, 0.25) is 0 Å². The molecule has 0 saturated carbocycles. The molecule has 0 spiro atoms. The zero-order valence-corrected chi connectivity index (χ0v) is 18.1. The number of hydrogen-bond donors (Lipinski definition) is 1. The summed E-state index contributed by atoms with van der Waals surface area (Å²) in [5.74, 6) is 1.19. The maximum absolute atomic E-state index is 9.81. The smallest absolute Gasteiger partial charge is 0.129 e. The second-order valence-corrected chi connectivity index (χ2v) is 5.12. The molecule has 0 bridgehead atoms. The van der Waals surface area contributed by atoms with Crippen molar-refractivity contribution in [1.82, 2.24) is 0 Å². The Morgan fingerprint density at radius 2 is 1.46 bits per heavy atom. The molecular formula is C22H44O2. The molecule has 1 aromatic rings. The Hall–Kier alpha value is -1.15. The van der Waals surface area contributed by atoms with Gasteiger partial charge in [0.2, 0.25) is 0 Å². The first-order valence-electron chi connectivity index (χ1n) is 9.56. The van der Waals surface area contributed by atoms with E-state index in [4.69, 9.17) is 5.11 Å². The fourth-order valence-electron chi connectivity index (χ4n) is 1.10. The van der Waals surface area contributed by atoms with Gasteiger partial charge in [0, 0.05) is 6.42 Å². The molecule has 0 heterocycles. The topological polar surface area (TPSA) is 37.3 Å². The number of carbonyl (C=O) groups is 1. The van der Waals surface area contributed by atoms with Gasteiger partial charge in [0.05, 0.1) is 6.61 Å². The van der Waals surface area contributed by atoms with Gasteiger partial charge < -0.3 is 9.90 Å². The lowest BCUT2D eigenvalue weighted by molar-refractivity contribution is -0.116. The minimum atomic E-state index is 0.141. The lowest BCUT2D eigenvalue weighted by atomic mass is 10.1. The number of benzene rings is 1. The summed E-state index contributed by atoms with van der Waals surface area (Å²) in [6.07, 6.45) is 3.33. The second kappa shape index (κ2) is 26.7.